The number of sulfonamides is 1. The third-order valence-corrected chi connectivity index (χ3v) is 3.59. The number of aromatic hydroxyl groups is 1. The standard InChI is InChI=1S/C10H16N2O3S/c1-2-3-6-12-16(14,15)8-4-5-10(13)9(11)7-8/h4-5,7,12-13H,2-3,6,11H2,1H3. The molecule has 0 amide bonds. The molecule has 16 heavy (non-hydrogen) atoms. The lowest BCUT2D eigenvalue weighted by Crippen LogP contribution is -2.24. The van der Waals surface area contributed by atoms with E-state index in [1.54, 1.807) is 0 Å². The number of hydrogen-bond acceptors (Lipinski definition) is 4. The van der Waals surface area contributed by atoms with Crippen molar-refractivity contribution in [2.45, 2.75) is 24.7 Å². The molecule has 0 aromatic heterocycles. The predicted octanol–water partition coefficient (Wildman–Crippen LogP) is 1.05. The number of anilines is 1. The third kappa shape index (κ3) is 3.11. The molecule has 0 spiro atoms. The zero-order valence-electron chi connectivity index (χ0n) is 9.10. The smallest absolute Gasteiger partial charge is 0.240 e. The van der Waals surface area contributed by atoms with E-state index < -0.39 is 10.0 Å². The molecule has 0 fully saturated rings. The molecule has 5 nitrogen and oxygen atoms in total. The number of nitrogen functional groups attached to an aromatic ring is 1. The molecule has 0 bridgehead atoms. The number of benzene rings is 1. The Morgan fingerprint density at radius 2 is 2.12 bits per heavy atom. The molecule has 4 N–H and O–H groups in total. The summed E-state index contributed by atoms with van der Waals surface area (Å²) in [5.74, 6) is -0.118. The predicted molar refractivity (Wildman–Crippen MR) is 62.6 cm³/mol. The average Bonchev–Trinajstić information content (AvgIpc) is 2.22. The maximum atomic E-state index is 11.7. The van der Waals surface area contributed by atoms with Gasteiger partial charge in [0.25, 0.3) is 0 Å². The van der Waals surface area contributed by atoms with Gasteiger partial charge in [0.1, 0.15) is 5.75 Å². The van der Waals surface area contributed by atoms with Crippen molar-refractivity contribution in [2.24, 2.45) is 0 Å². The topological polar surface area (TPSA) is 92.4 Å². The molecule has 0 aliphatic heterocycles. The Kier molecular flexibility index (Phi) is 4.14. The zero-order chi connectivity index (χ0) is 12.2. The Labute approximate surface area is 95.3 Å². The van der Waals surface area contributed by atoms with Gasteiger partial charge in [0.15, 0.2) is 0 Å². The van der Waals surface area contributed by atoms with Crippen molar-refractivity contribution in [3.05, 3.63) is 18.2 Å². The molecule has 1 aromatic carbocycles. The van der Waals surface area contributed by atoms with Crippen molar-refractivity contribution < 1.29 is 13.5 Å². The zero-order valence-corrected chi connectivity index (χ0v) is 9.92. The molecule has 1 rings (SSSR count). The van der Waals surface area contributed by atoms with E-state index in [4.69, 9.17) is 5.73 Å². The first-order valence-corrected chi connectivity index (χ1v) is 6.54. The first kappa shape index (κ1) is 12.8. The van der Waals surface area contributed by atoms with E-state index in [-0.39, 0.29) is 16.3 Å². The van der Waals surface area contributed by atoms with Crippen molar-refractivity contribution in [3.8, 4) is 5.75 Å². The van der Waals surface area contributed by atoms with Crippen LogP contribution in [0.15, 0.2) is 23.1 Å². The summed E-state index contributed by atoms with van der Waals surface area (Å²) in [6.07, 6.45) is 1.70. The average molecular weight is 244 g/mol. The first-order chi connectivity index (χ1) is 7.47. The van der Waals surface area contributed by atoms with E-state index in [0.29, 0.717) is 6.54 Å². The summed E-state index contributed by atoms with van der Waals surface area (Å²) >= 11 is 0. The number of nitrogens with one attached hydrogen (secondary N) is 1. The summed E-state index contributed by atoms with van der Waals surface area (Å²) in [6.45, 7) is 2.38. The maximum Gasteiger partial charge on any atom is 0.240 e. The molecule has 0 saturated carbocycles. The van der Waals surface area contributed by atoms with Gasteiger partial charge in [0.2, 0.25) is 10.0 Å². The molecule has 0 heterocycles. The van der Waals surface area contributed by atoms with Crippen LogP contribution in [0.2, 0.25) is 0 Å². The molecule has 0 unspecified atom stereocenters. The minimum atomic E-state index is -3.51. The van der Waals surface area contributed by atoms with Gasteiger partial charge in [0, 0.05) is 6.54 Å². The van der Waals surface area contributed by atoms with Crippen molar-refractivity contribution in [1.82, 2.24) is 4.72 Å². The number of hydrogen-bond donors (Lipinski definition) is 3. The van der Waals surface area contributed by atoms with Crippen molar-refractivity contribution >= 4 is 15.7 Å². The van der Waals surface area contributed by atoms with E-state index in [1.165, 1.54) is 18.2 Å². The lowest BCUT2D eigenvalue weighted by atomic mass is 10.3. The molecular weight excluding hydrogens is 228 g/mol. The second-order valence-electron chi connectivity index (χ2n) is 3.47. The minimum Gasteiger partial charge on any atom is -0.506 e. The fourth-order valence-corrected chi connectivity index (χ4v) is 2.28. The quantitative estimate of drug-likeness (QED) is 0.410. The van der Waals surface area contributed by atoms with Crippen LogP contribution in [0.1, 0.15) is 19.8 Å². The number of nitrogens with two attached hydrogens (primary N) is 1. The van der Waals surface area contributed by atoms with Gasteiger partial charge < -0.3 is 10.8 Å². The molecule has 1 aromatic rings. The van der Waals surface area contributed by atoms with Gasteiger partial charge in [-0.2, -0.15) is 0 Å². The second kappa shape index (κ2) is 5.18. The van der Waals surface area contributed by atoms with Gasteiger partial charge in [-0.3, -0.25) is 0 Å². The van der Waals surface area contributed by atoms with Crippen molar-refractivity contribution in [1.29, 1.82) is 0 Å². The van der Waals surface area contributed by atoms with Crippen LogP contribution in [0.5, 0.6) is 5.75 Å². The normalized spacial score (nSPS) is 11.6. The Bertz CT molecular complexity index is 457. The van der Waals surface area contributed by atoms with Gasteiger partial charge >= 0.3 is 0 Å². The third-order valence-electron chi connectivity index (χ3n) is 2.13. The van der Waals surface area contributed by atoms with Crippen molar-refractivity contribution in [3.63, 3.8) is 0 Å². The molecule has 0 radical (unpaired) electrons. The van der Waals surface area contributed by atoms with Crippen LogP contribution < -0.4 is 10.5 Å². The lowest BCUT2D eigenvalue weighted by molar-refractivity contribution is 0.477. The second-order valence-corrected chi connectivity index (χ2v) is 5.24. The van der Waals surface area contributed by atoms with Crippen LogP contribution in [0, 0.1) is 0 Å². The van der Waals surface area contributed by atoms with E-state index in [2.05, 4.69) is 4.72 Å². The van der Waals surface area contributed by atoms with Crippen LogP contribution in [-0.4, -0.2) is 20.1 Å². The molecule has 0 saturated heterocycles. The summed E-state index contributed by atoms with van der Waals surface area (Å²) in [4.78, 5) is 0.0684. The van der Waals surface area contributed by atoms with Crippen LogP contribution in [-0.2, 0) is 10.0 Å². The highest BCUT2D eigenvalue weighted by molar-refractivity contribution is 7.89. The highest BCUT2D eigenvalue weighted by Gasteiger charge is 2.14. The monoisotopic (exact) mass is 244 g/mol. The number of rotatable bonds is 5. The summed E-state index contributed by atoms with van der Waals surface area (Å²) in [5.41, 5.74) is 5.48. The molecule has 90 valence electrons. The highest BCUT2D eigenvalue weighted by Crippen LogP contribution is 2.22. The summed E-state index contributed by atoms with van der Waals surface area (Å²) in [6, 6.07) is 3.83. The van der Waals surface area contributed by atoms with Gasteiger partial charge in [-0.25, -0.2) is 13.1 Å². The van der Waals surface area contributed by atoms with E-state index in [9.17, 15) is 13.5 Å². The van der Waals surface area contributed by atoms with Gasteiger partial charge in [-0.05, 0) is 24.6 Å². The number of unbranched alkanes of at least 4 members (excludes halogenated alkanes) is 1. The molecular formula is C10H16N2O3S. The van der Waals surface area contributed by atoms with Crippen LogP contribution in [0.25, 0.3) is 0 Å². The minimum absolute atomic E-state index is 0.0540. The van der Waals surface area contributed by atoms with Crippen LogP contribution >= 0.6 is 0 Å². The highest BCUT2D eigenvalue weighted by atomic mass is 32.2. The van der Waals surface area contributed by atoms with Crippen LogP contribution in [0.4, 0.5) is 5.69 Å². The summed E-state index contributed by atoms with van der Waals surface area (Å²) in [7, 11) is -3.51. The van der Waals surface area contributed by atoms with Crippen molar-refractivity contribution in [2.75, 3.05) is 12.3 Å². The maximum absolute atomic E-state index is 11.7. The Morgan fingerprint density at radius 1 is 1.44 bits per heavy atom. The fraction of sp³-hybridized carbons (Fsp3) is 0.400. The van der Waals surface area contributed by atoms with E-state index in [0.717, 1.165) is 12.8 Å². The Morgan fingerprint density at radius 3 is 2.69 bits per heavy atom. The Balaban J connectivity index is 2.86. The van der Waals surface area contributed by atoms with Gasteiger partial charge in [-0.15, -0.1) is 0 Å². The van der Waals surface area contributed by atoms with E-state index in [1.807, 2.05) is 6.92 Å². The Hall–Kier alpha value is -1.27. The lowest BCUT2D eigenvalue weighted by Gasteiger charge is -2.07. The molecule has 0 aliphatic rings. The molecule has 0 aliphatic carbocycles. The van der Waals surface area contributed by atoms with E-state index >= 15 is 0 Å². The number of phenolic OH excluding ortho intramolecular Hbond substituents is 1. The van der Waals surface area contributed by atoms with Gasteiger partial charge in [-0.1, -0.05) is 13.3 Å². The molecule has 6 heteroatoms. The summed E-state index contributed by atoms with van der Waals surface area (Å²) < 4.78 is 25.9. The largest absolute Gasteiger partial charge is 0.506 e. The first-order valence-electron chi connectivity index (χ1n) is 5.05. The summed E-state index contributed by atoms with van der Waals surface area (Å²) in [5, 5.41) is 9.18. The van der Waals surface area contributed by atoms with Gasteiger partial charge in [0.05, 0.1) is 10.6 Å². The SMILES string of the molecule is CCCCNS(=O)(=O)c1ccc(O)c(N)c1. The fourth-order valence-electron chi connectivity index (χ4n) is 1.17. The van der Waals surface area contributed by atoms with Crippen LogP contribution in [0.3, 0.4) is 0 Å². The molecule has 0 atom stereocenters. The number of phenols is 1.